The third-order valence-corrected chi connectivity index (χ3v) is 13.6. The number of β-amino-alcohol motifs (C(OH)–C–C–N with tert-alkyl or cyclic N) is 1. The molecule has 0 radical (unpaired) electrons. The van der Waals surface area contributed by atoms with Gasteiger partial charge in [-0.25, -0.2) is 4.98 Å². The summed E-state index contributed by atoms with van der Waals surface area (Å²) in [5.74, 6) is -1.87. The van der Waals surface area contributed by atoms with Crippen molar-refractivity contribution in [2.75, 3.05) is 30.3 Å². The van der Waals surface area contributed by atoms with Gasteiger partial charge in [-0.05, 0) is 95.1 Å². The second-order valence-electron chi connectivity index (χ2n) is 18.2. The first-order valence-corrected chi connectivity index (χ1v) is 22.7. The Balaban J connectivity index is 0.896. The Morgan fingerprint density at radius 1 is 0.938 bits per heavy atom. The number of amides is 4. The normalized spacial score (nSPS) is 21.0. The van der Waals surface area contributed by atoms with E-state index in [1.807, 2.05) is 85.5 Å². The summed E-state index contributed by atoms with van der Waals surface area (Å²) >= 11 is 1.57. The molecule has 14 nitrogen and oxygen atoms in total. The number of aryl methyl sites for hydroxylation is 1. The molecule has 334 valence electrons. The van der Waals surface area contributed by atoms with Crippen LogP contribution in [-0.2, 0) is 32.3 Å². The smallest absolute Gasteiger partial charge is 0.246 e. The van der Waals surface area contributed by atoms with Gasteiger partial charge in [-0.15, -0.1) is 11.3 Å². The first-order chi connectivity index (χ1) is 30.7. The lowest BCUT2D eigenvalue weighted by atomic mass is 9.82. The number of likely N-dealkylation sites (tertiary alicyclic amines) is 2. The second-order valence-corrected chi connectivity index (χ2v) is 19.1. The first kappa shape index (κ1) is 44.6. The molecule has 3 aliphatic rings. The third kappa shape index (κ3) is 9.87. The summed E-state index contributed by atoms with van der Waals surface area (Å²) in [7, 11) is 0. The van der Waals surface area contributed by atoms with Gasteiger partial charge in [0.1, 0.15) is 18.5 Å². The summed E-state index contributed by atoms with van der Waals surface area (Å²) in [6.45, 7) is 9.26. The van der Waals surface area contributed by atoms with E-state index in [-0.39, 0.29) is 44.1 Å². The first-order valence-electron chi connectivity index (χ1n) is 21.9. The highest BCUT2D eigenvalue weighted by molar-refractivity contribution is 7.13. The molecule has 0 unspecified atom stereocenters. The molecule has 4 amide bonds. The molecule has 0 spiro atoms. The molecule has 6 atom stereocenters. The molecule has 15 heteroatoms. The SMILES string of the molecule is Cc1ncsc1-c1ccc(CNC(=O)[C@@H]2C[C@@H](O)CN2C(=O)[C@@H](NC(=O)CC(=O)Nc2cccc(-c3ccc4c(c3)[C@H]3[C@H](CCN3Cc3ccncc3)[C@@H](CO)N4)c2)C(C)(C)C)cc1. The Kier molecular flexibility index (Phi) is 13.2. The van der Waals surface area contributed by atoms with Gasteiger partial charge in [-0.2, -0.15) is 0 Å². The van der Waals surface area contributed by atoms with Gasteiger partial charge in [-0.1, -0.05) is 63.2 Å². The maximum Gasteiger partial charge on any atom is 0.246 e. The van der Waals surface area contributed by atoms with Crippen LogP contribution in [0.15, 0.2) is 96.8 Å². The number of thiazole rings is 1. The molecule has 64 heavy (non-hydrogen) atoms. The van der Waals surface area contributed by atoms with Crippen molar-refractivity contribution >= 4 is 46.3 Å². The topological polar surface area (TPSA) is 189 Å². The quantitative estimate of drug-likeness (QED) is 0.0805. The van der Waals surface area contributed by atoms with Crippen molar-refractivity contribution in [1.82, 2.24) is 30.4 Å². The largest absolute Gasteiger partial charge is 0.394 e. The lowest BCUT2D eigenvalue weighted by molar-refractivity contribution is -0.144. The molecule has 0 bridgehead atoms. The van der Waals surface area contributed by atoms with Crippen LogP contribution in [0, 0.1) is 18.3 Å². The number of fused-ring (bicyclic) bond motifs is 3. The average Bonchev–Trinajstić information content (AvgIpc) is 4.02. The van der Waals surface area contributed by atoms with Gasteiger partial charge < -0.3 is 36.4 Å². The molecule has 2 aromatic heterocycles. The Hall–Kier alpha value is -6.00. The molecule has 0 aliphatic carbocycles. The summed E-state index contributed by atoms with van der Waals surface area (Å²) in [5, 5.41) is 33.1. The number of nitrogens with one attached hydrogen (secondary N) is 4. The summed E-state index contributed by atoms with van der Waals surface area (Å²) in [6, 6.07) is 23.7. The number of aromatic nitrogens is 2. The fraction of sp³-hybridized carbons (Fsp3) is 0.388. The minimum atomic E-state index is -1.08. The molecule has 5 heterocycles. The maximum absolute atomic E-state index is 14.2. The van der Waals surface area contributed by atoms with E-state index in [0.717, 1.165) is 63.6 Å². The number of carbonyl (C=O) groups excluding carboxylic acids is 4. The van der Waals surface area contributed by atoms with Crippen molar-refractivity contribution in [2.45, 2.75) is 90.3 Å². The Bertz CT molecular complexity index is 2490. The van der Waals surface area contributed by atoms with Crippen molar-refractivity contribution in [3.05, 3.63) is 119 Å². The molecule has 3 aliphatic heterocycles. The number of anilines is 2. The van der Waals surface area contributed by atoms with Crippen molar-refractivity contribution < 1.29 is 29.4 Å². The zero-order chi connectivity index (χ0) is 45.1. The maximum atomic E-state index is 14.2. The number of hydrogen-bond acceptors (Lipinski definition) is 11. The second kappa shape index (κ2) is 19.0. The summed E-state index contributed by atoms with van der Waals surface area (Å²) in [4.78, 5) is 67.9. The van der Waals surface area contributed by atoms with Crippen molar-refractivity contribution in [1.29, 1.82) is 0 Å². The monoisotopic (exact) mass is 884 g/mol. The number of rotatable bonds is 13. The fourth-order valence-electron chi connectivity index (χ4n) is 9.36. The number of aliphatic hydroxyl groups excluding tert-OH is 2. The zero-order valence-corrected chi connectivity index (χ0v) is 37.4. The molecule has 5 aromatic rings. The fourth-order valence-corrected chi connectivity index (χ4v) is 10.2. The van der Waals surface area contributed by atoms with Gasteiger partial charge in [0.05, 0.1) is 34.8 Å². The molecule has 2 fully saturated rings. The van der Waals surface area contributed by atoms with E-state index in [1.54, 1.807) is 38.2 Å². The van der Waals surface area contributed by atoms with Gasteiger partial charge in [0, 0.05) is 61.8 Å². The van der Waals surface area contributed by atoms with Crippen molar-refractivity contribution in [3.8, 4) is 21.6 Å². The Labute approximate surface area is 377 Å². The van der Waals surface area contributed by atoms with Gasteiger partial charge in [0.25, 0.3) is 0 Å². The predicted molar refractivity (Wildman–Crippen MR) is 247 cm³/mol. The van der Waals surface area contributed by atoms with Crippen LogP contribution in [0.1, 0.15) is 68.5 Å². The summed E-state index contributed by atoms with van der Waals surface area (Å²) in [6.07, 6.45) is 3.19. The van der Waals surface area contributed by atoms with Crippen LogP contribution in [0.3, 0.4) is 0 Å². The van der Waals surface area contributed by atoms with E-state index >= 15 is 0 Å². The molecular formula is C49H56N8O6S. The summed E-state index contributed by atoms with van der Waals surface area (Å²) in [5.41, 5.74) is 9.59. The molecular weight excluding hydrogens is 829 g/mol. The van der Waals surface area contributed by atoms with Gasteiger partial charge >= 0.3 is 0 Å². The number of pyridine rings is 1. The van der Waals surface area contributed by atoms with E-state index in [0.29, 0.717) is 5.69 Å². The predicted octanol–water partition coefficient (Wildman–Crippen LogP) is 5.67. The number of carbonyl (C=O) groups is 4. The highest BCUT2D eigenvalue weighted by atomic mass is 32.1. The van der Waals surface area contributed by atoms with Crippen LogP contribution in [0.25, 0.3) is 21.6 Å². The van der Waals surface area contributed by atoms with Crippen LogP contribution < -0.4 is 21.3 Å². The lowest BCUT2D eigenvalue weighted by Crippen LogP contribution is -2.58. The minimum absolute atomic E-state index is 0.0466. The highest BCUT2D eigenvalue weighted by Gasteiger charge is 2.45. The Morgan fingerprint density at radius 2 is 1.69 bits per heavy atom. The lowest BCUT2D eigenvalue weighted by Gasteiger charge is -2.39. The van der Waals surface area contributed by atoms with Crippen LogP contribution >= 0.6 is 11.3 Å². The highest BCUT2D eigenvalue weighted by Crippen LogP contribution is 2.48. The van der Waals surface area contributed by atoms with Crippen molar-refractivity contribution in [3.63, 3.8) is 0 Å². The molecule has 2 saturated heterocycles. The van der Waals surface area contributed by atoms with Crippen LogP contribution in [0.2, 0.25) is 0 Å². The van der Waals surface area contributed by atoms with Crippen LogP contribution in [0.5, 0.6) is 0 Å². The van der Waals surface area contributed by atoms with E-state index in [2.05, 4.69) is 48.3 Å². The molecule has 6 N–H and O–H groups in total. The molecule has 3 aromatic carbocycles. The van der Waals surface area contributed by atoms with E-state index in [4.69, 9.17) is 0 Å². The molecule has 8 rings (SSSR count). The number of benzene rings is 3. The summed E-state index contributed by atoms with van der Waals surface area (Å²) < 4.78 is 0. The molecule has 0 saturated carbocycles. The third-order valence-electron chi connectivity index (χ3n) is 12.6. The van der Waals surface area contributed by atoms with Gasteiger partial charge in [0.2, 0.25) is 23.6 Å². The van der Waals surface area contributed by atoms with Gasteiger partial charge in [0.15, 0.2) is 0 Å². The van der Waals surface area contributed by atoms with Crippen molar-refractivity contribution in [2.24, 2.45) is 11.3 Å². The number of aliphatic hydroxyl groups is 2. The van der Waals surface area contributed by atoms with Crippen LogP contribution in [0.4, 0.5) is 11.4 Å². The number of nitrogens with zero attached hydrogens (tertiary/aromatic N) is 4. The number of hydrogen-bond donors (Lipinski definition) is 6. The van der Waals surface area contributed by atoms with Crippen LogP contribution in [-0.4, -0.2) is 97.5 Å². The van der Waals surface area contributed by atoms with E-state index < -0.39 is 53.7 Å². The standard InChI is InChI=1S/C49H56N8O6S/c1-29-45(64-28-52-29)32-10-8-30(9-11-32)24-51-47(62)41-22-36(59)26-57(41)48(63)46(49(2,3)4)55-43(61)23-42(60)53-35-7-5-6-33(20-35)34-12-13-39-38(21-34)44-37(40(27-58)54-39)16-19-56(44)25-31-14-17-50-18-15-31/h5-15,17-18,20-21,28,36-37,40-41,44,46,54,58-59H,16,19,22-27H2,1-4H3,(H,51,62)(H,53,60)(H,55,61)/t36-,37-,40-,41+,44-,46-/m1/s1. The zero-order valence-electron chi connectivity index (χ0n) is 36.6. The van der Waals surface area contributed by atoms with E-state index in [9.17, 15) is 29.4 Å². The van der Waals surface area contributed by atoms with E-state index in [1.165, 1.54) is 10.5 Å². The Morgan fingerprint density at radius 3 is 2.41 bits per heavy atom. The van der Waals surface area contributed by atoms with Gasteiger partial charge in [-0.3, -0.25) is 29.1 Å². The average molecular weight is 885 g/mol. The minimum Gasteiger partial charge on any atom is -0.394 e.